The summed E-state index contributed by atoms with van der Waals surface area (Å²) in [6, 6.07) is 13.2. The number of benzene rings is 2. The molecule has 1 amide bonds. The predicted molar refractivity (Wildman–Crippen MR) is 98.5 cm³/mol. The van der Waals surface area contributed by atoms with Gasteiger partial charge >= 0.3 is 11.9 Å². The standard InChI is InChI=1S/C20H21NO6/c1-3-26-20(24)16-9-4-5-10-17(16)21-18(22)13-27-19(23)15-8-6-7-14(11-15)12-25-2/h4-11H,3,12-13H2,1-2H3,(H,21,22). The van der Waals surface area contributed by atoms with Crippen molar-refractivity contribution in [3.05, 3.63) is 65.2 Å². The number of carbonyl (C=O) groups excluding carboxylic acids is 3. The topological polar surface area (TPSA) is 90.9 Å². The van der Waals surface area contributed by atoms with Gasteiger partial charge in [-0.1, -0.05) is 24.3 Å². The van der Waals surface area contributed by atoms with Gasteiger partial charge in [-0.3, -0.25) is 4.79 Å². The summed E-state index contributed by atoms with van der Waals surface area (Å²) in [6.07, 6.45) is 0. The highest BCUT2D eigenvalue weighted by molar-refractivity contribution is 6.02. The van der Waals surface area contributed by atoms with Gasteiger partial charge < -0.3 is 19.5 Å². The number of hydrogen-bond donors (Lipinski definition) is 1. The van der Waals surface area contributed by atoms with Gasteiger partial charge in [-0.15, -0.1) is 0 Å². The van der Waals surface area contributed by atoms with Crippen LogP contribution in [0.15, 0.2) is 48.5 Å². The zero-order chi connectivity index (χ0) is 19.6. The largest absolute Gasteiger partial charge is 0.462 e. The van der Waals surface area contributed by atoms with Crippen molar-refractivity contribution < 1.29 is 28.6 Å². The fourth-order valence-electron chi connectivity index (χ4n) is 2.33. The van der Waals surface area contributed by atoms with Crippen molar-refractivity contribution in [3.8, 4) is 0 Å². The molecule has 0 aliphatic rings. The molecule has 0 bridgehead atoms. The molecule has 2 aromatic rings. The molecule has 7 heteroatoms. The molecule has 7 nitrogen and oxygen atoms in total. The molecule has 2 rings (SSSR count). The second-order valence-electron chi connectivity index (χ2n) is 5.52. The molecule has 0 unspecified atom stereocenters. The Kier molecular flexibility index (Phi) is 7.51. The Morgan fingerprint density at radius 2 is 1.74 bits per heavy atom. The Morgan fingerprint density at radius 1 is 0.963 bits per heavy atom. The Labute approximate surface area is 157 Å². The number of esters is 2. The highest BCUT2D eigenvalue weighted by Crippen LogP contribution is 2.16. The van der Waals surface area contributed by atoms with Crippen LogP contribution >= 0.6 is 0 Å². The van der Waals surface area contributed by atoms with Gasteiger partial charge in [-0.05, 0) is 36.8 Å². The Morgan fingerprint density at radius 3 is 2.48 bits per heavy atom. The molecule has 0 heterocycles. The van der Waals surface area contributed by atoms with Crippen molar-refractivity contribution in [1.29, 1.82) is 0 Å². The molecule has 27 heavy (non-hydrogen) atoms. The Hall–Kier alpha value is -3.19. The van der Waals surface area contributed by atoms with E-state index in [2.05, 4.69) is 5.32 Å². The Balaban J connectivity index is 1.96. The van der Waals surface area contributed by atoms with Gasteiger partial charge in [-0.25, -0.2) is 9.59 Å². The maximum Gasteiger partial charge on any atom is 0.340 e. The van der Waals surface area contributed by atoms with E-state index in [1.54, 1.807) is 56.5 Å². The summed E-state index contributed by atoms with van der Waals surface area (Å²) in [7, 11) is 1.56. The second-order valence-corrected chi connectivity index (χ2v) is 5.52. The normalized spacial score (nSPS) is 10.1. The summed E-state index contributed by atoms with van der Waals surface area (Å²) in [4.78, 5) is 36.1. The summed E-state index contributed by atoms with van der Waals surface area (Å²) in [5, 5.41) is 2.55. The van der Waals surface area contributed by atoms with Crippen LogP contribution in [0.3, 0.4) is 0 Å². The van der Waals surface area contributed by atoms with E-state index in [1.807, 2.05) is 6.07 Å². The van der Waals surface area contributed by atoms with Gasteiger partial charge in [0.2, 0.25) is 0 Å². The number of amides is 1. The Bertz CT molecular complexity index is 818. The highest BCUT2D eigenvalue weighted by Gasteiger charge is 2.15. The third kappa shape index (κ3) is 5.93. The molecule has 0 atom stereocenters. The van der Waals surface area contributed by atoms with Crippen LogP contribution in [0, 0.1) is 0 Å². The average Bonchev–Trinajstić information content (AvgIpc) is 2.67. The monoisotopic (exact) mass is 371 g/mol. The molecule has 142 valence electrons. The fraction of sp³-hybridized carbons (Fsp3) is 0.250. The molecule has 0 fully saturated rings. The molecule has 0 radical (unpaired) electrons. The lowest BCUT2D eigenvalue weighted by molar-refractivity contribution is -0.119. The van der Waals surface area contributed by atoms with E-state index in [1.165, 1.54) is 0 Å². The van der Waals surface area contributed by atoms with Crippen LogP contribution in [-0.2, 0) is 25.6 Å². The van der Waals surface area contributed by atoms with Gasteiger partial charge in [0.15, 0.2) is 6.61 Å². The van der Waals surface area contributed by atoms with Crippen LogP contribution < -0.4 is 5.32 Å². The first-order chi connectivity index (χ1) is 13.0. The first kappa shape index (κ1) is 20.1. The van der Waals surface area contributed by atoms with E-state index in [9.17, 15) is 14.4 Å². The number of ether oxygens (including phenoxy) is 3. The van der Waals surface area contributed by atoms with E-state index < -0.39 is 24.5 Å². The number of para-hydroxylation sites is 1. The van der Waals surface area contributed by atoms with Gasteiger partial charge in [0.05, 0.1) is 30.0 Å². The summed E-state index contributed by atoms with van der Waals surface area (Å²) in [5.41, 5.74) is 1.66. The van der Waals surface area contributed by atoms with Crippen LogP contribution in [0.4, 0.5) is 5.69 Å². The first-order valence-corrected chi connectivity index (χ1v) is 8.36. The van der Waals surface area contributed by atoms with E-state index in [4.69, 9.17) is 14.2 Å². The first-order valence-electron chi connectivity index (χ1n) is 8.36. The lowest BCUT2D eigenvalue weighted by Crippen LogP contribution is -2.22. The van der Waals surface area contributed by atoms with Gasteiger partial charge in [-0.2, -0.15) is 0 Å². The number of hydrogen-bond acceptors (Lipinski definition) is 6. The van der Waals surface area contributed by atoms with Crippen LogP contribution in [0.2, 0.25) is 0 Å². The molecule has 1 N–H and O–H groups in total. The molecule has 0 aliphatic heterocycles. The number of methoxy groups -OCH3 is 1. The zero-order valence-corrected chi connectivity index (χ0v) is 15.2. The maximum atomic E-state index is 12.1. The van der Waals surface area contributed by atoms with Gasteiger partial charge in [0, 0.05) is 7.11 Å². The molecule has 0 spiro atoms. The smallest absolute Gasteiger partial charge is 0.340 e. The second kappa shape index (κ2) is 10.1. The van der Waals surface area contributed by atoms with Crippen LogP contribution in [-0.4, -0.2) is 38.2 Å². The van der Waals surface area contributed by atoms with Crippen molar-refractivity contribution in [1.82, 2.24) is 0 Å². The highest BCUT2D eigenvalue weighted by atomic mass is 16.5. The third-order valence-electron chi connectivity index (χ3n) is 3.50. The number of nitrogens with one attached hydrogen (secondary N) is 1. The maximum absolute atomic E-state index is 12.1. The number of carbonyl (C=O) groups is 3. The minimum Gasteiger partial charge on any atom is -0.462 e. The minimum absolute atomic E-state index is 0.223. The van der Waals surface area contributed by atoms with E-state index in [0.29, 0.717) is 17.9 Å². The SMILES string of the molecule is CCOC(=O)c1ccccc1NC(=O)COC(=O)c1cccc(COC)c1. The van der Waals surface area contributed by atoms with Gasteiger partial charge in [0.25, 0.3) is 5.91 Å². The van der Waals surface area contributed by atoms with Crippen LogP contribution in [0.5, 0.6) is 0 Å². The summed E-state index contributed by atoms with van der Waals surface area (Å²) in [6.45, 7) is 1.80. The van der Waals surface area contributed by atoms with Crippen molar-refractivity contribution in [2.45, 2.75) is 13.5 Å². The lowest BCUT2D eigenvalue weighted by Gasteiger charge is -2.11. The number of rotatable bonds is 8. The van der Waals surface area contributed by atoms with Crippen molar-refractivity contribution in [2.75, 3.05) is 25.6 Å². The quantitative estimate of drug-likeness (QED) is 0.718. The predicted octanol–water partition coefficient (Wildman–Crippen LogP) is 2.81. The minimum atomic E-state index is -0.623. The fourth-order valence-corrected chi connectivity index (χ4v) is 2.33. The summed E-state index contributed by atoms with van der Waals surface area (Å²) < 4.78 is 15.0. The van der Waals surface area contributed by atoms with Crippen molar-refractivity contribution in [3.63, 3.8) is 0 Å². The third-order valence-corrected chi connectivity index (χ3v) is 3.50. The molecule has 0 saturated heterocycles. The van der Waals surface area contributed by atoms with E-state index in [0.717, 1.165) is 5.56 Å². The number of anilines is 1. The van der Waals surface area contributed by atoms with E-state index in [-0.39, 0.29) is 12.2 Å². The van der Waals surface area contributed by atoms with Crippen LogP contribution in [0.25, 0.3) is 0 Å². The average molecular weight is 371 g/mol. The van der Waals surface area contributed by atoms with E-state index >= 15 is 0 Å². The molecule has 0 saturated carbocycles. The van der Waals surface area contributed by atoms with Crippen molar-refractivity contribution >= 4 is 23.5 Å². The zero-order valence-electron chi connectivity index (χ0n) is 15.2. The van der Waals surface area contributed by atoms with Gasteiger partial charge in [0.1, 0.15) is 0 Å². The molecule has 2 aromatic carbocycles. The summed E-state index contributed by atoms with van der Waals surface area (Å²) in [5.74, 6) is -1.73. The summed E-state index contributed by atoms with van der Waals surface area (Å²) >= 11 is 0. The molecular weight excluding hydrogens is 350 g/mol. The lowest BCUT2D eigenvalue weighted by atomic mass is 10.1. The molecule has 0 aliphatic carbocycles. The molecular formula is C20H21NO6. The van der Waals surface area contributed by atoms with Crippen molar-refractivity contribution in [2.24, 2.45) is 0 Å². The molecule has 0 aromatic heterocycles. The van der Waals surface area contributed by atoms with Crippen LogP contribution in [0.1, 0.15) is 33.2 Å².